The molecule has 0 aromatic heterocycles. The minimum absolute atomic E-state index is 0.106. The number of ether oxygens (including phenoxy) is 1. The van der Waals surface area contributed by atoms with Gasteiger partial charge < -0.3 is 4.74 Å². The van der Waals surface area contributed by atoms with Gasteiger partial charge in [-0.2, -0.15) is 5.10 Å². The average Bonchev–Trinajstić information content (AvgIpc) is 2.67. The van der Waals surface area contributed by atoms with Crippen molar-refractivity contribution >= 4 is 11.9 Å². The SMILES string of the molecule is C=C/C=C1\NN=CCC=C1Oc1ccc([N+](=O)[O-])cc1F. The van der Waals surface area contributed by atoms with E-state index in [9.17, 15) is 14.5 Å². The molecule has 0 bridgehead atoms. The van der Waals surface area contributed by atoms with Crippen molar-refractivity contribution in [1.82, 2.24) is 5.43 Å². The van der Waals surface area contributed by atoms with E-state index < -0.39 is 10.7 Å². The number of hydrogen-bond donors (Lipinski definition) is 1. The maximum absolute atomic E-state index is 13.8. The molecule has 0 saturated carbocycles. The van der Waals surface area contributed by atoms with Gasteiger partial charge in [-0.15, -0.1) is 0 Å². The van der Waals surface area contributed by atoms with Crippen molar-refractivity contribution in [1.29, 1.82) is 0 Å². The number of nitrogens with one attached hydrogen (secondary N) is 1. The molecule has 1 aliphatic heterocycles. The van der Waals surface area contributed by atoms with Crippen LogP contribution in [0.5, 0.6) is 5.75 Å². The molecule has 1 aromatic carbocycles. The van der Waals surface area contributed by atoms with E-state index >= 15 is 0 Å². The summed E-state index contributed by atoms with van der Waals surface area (Å²) in [5.41, 5.74) is 2.91. The molecule has 7 heteroatoms. The van der Waals surface area contributed by atoms with Crippen molar-refractivity contribution < 1.29 is 14.1 Å². The lowest BCUT2D eigenvalue weighted by Crippen LogP contribution is -2.11. The first kappa shape index (κ1) is 14.4. The van der Waals surface area contributed by atoms with E-state index in [2.05, 4.69) is 17.1 Å². The molecular weight excluding hydrogens is 277 g/mol. The van der Waals surface area contributed by atoms with Gasteiger partial charge in [0, 0.05) is 18.7 Å². The molecule has 6 nitrogen and oxygen atoms in total. The Morgan fingerprint density at radius 2 is 2.33 bits per heavy atom. The largest absolute Gasteiger partial charge is 0.452 e. The minimum Gasteiger partial charge on any atom is -0.452 e. The van der Waals surface area contributed by atoms with Gasteiger partial charge in [-0.25, -0.2) is 4.39 Å². The summed E-state index contributed by atoms with van der Waals surface area (Å²) in [5.74, 6) is -0.557. The van der Waals surface area contributed by atoms with Gasteiger partial charge in [0.05, 0.1) is 16.7 Å². The number of halogens is 1. The van der Waals surface area contributed by atoms with Gasteiger partial charge in [0.2, 0.25) is 0 Å². The van der Waals surface area contributed by atoms with Crippen molar-refractivity contribution in [2.45, 2.75) is 6.42 Å². The lowest BCUT2D eigenvalue weighted by Gasteiger charge is -2.12. The van der Waals surface area contributed by atoms with Gasteiger partial charge in [0.1, 0.15) is 5.76 Å². The highest BCUT2D eigenvalue weighted by molar-refractivity contribution is 5.61. The van der Waals surface area contributed by atoms with Crippen LogP contribution >= 0.6 is 0 Å². The van der Waals surface area contributed by atoms with Crippen molar-refractivity contribution in [3.05, 3.63) is 70.4 Å². The number of non-ortho nitro benzene ring substituents is 1. The molecule has 0 amide bonds. The smallest absolute Gasteiger partial charge is 0.272 e. The van der Waals surface area contributed by atoms with Gasteiger partial charge in [-0.3, -0.25) is 15.5 Å². The maximum Gasteiger partial charge on any atom is 0.272 e. The van der Waals surface area contributed by atoms with Crippen molar-refractivity contribution in [3.63, 3.8) is 0 Å². The maximum atomic E-state index is 13.8. The quantitative estimate of drug-likeness (QED) is 0.682. The monoisotopic (exact) mass is 289 g/mol. The summed E-state index contributed by atoms with van der Waals surface area (Å²) in [5, 5.41) is 14.5. The Kier molecular flexibility index (Phi) is 4.45. The number of allylic oxidation sites excluding steroid dienone is 3. The Bertz CT molecular complexity index is 665. The van der Waals surface area contributed by atoms with Gasteiger partial charge in [0.15, 0.2) is 11.6 Å². The third-order valence-corrected chi connectivity index (χ3v) is 2.58. The number of hydrazone groups is 1. The molecule has 21 heavy (non-hydrogen) atoms. The fourth-order valence-corrected chi connectivity index (χ4v) is 1.63. The summed E-state index contributed by atoms with van der Waals surface area (Å²) < 4.78 is 19.3. The van der Waals surface area contributed by atoms with Crippen LogP contribution in [0.2, 0.25) is 0 Å². The first-order valence-corrected chi connectivity index (χ1v) is 6.04. The molecule has 0 unspecified atom stereocenters. The van der Waals surface area contributed by atoms with Crippen LogP contribution in [0.1, 0.15) is 6.42 Å². The zero-order valence-corrected chi connectivity index (χ0v) is 11.0. The highest BCUT2D eigenvalue weighted by Gasteiger charge is 2.15. The van der Waals surface area contributed by atoms with Gasteiger partial charge in [-0.05, 0) is 18.2 Å². The lowest BCUT2D eigenvalue weighted by atomic mass is 10.2. The fraction of sp³-hybridized carbons (Fsp3) is 0.0714. The second kappa shape index (κ2) is 6.47. The molecule has 1 N–H and O–H groups in total. The first-order valence-electron chi connectivity index (χ1n) is 6.04. The molecule has 0 saturated heterocycles. The summed E-state index contributed by atoms with van der Waals surface area (Å²) in [6.07, 6.45) is 6.99. The van der Waals surface area contributed by atoms with E-state index in [0.29, 0.717) is 17.9 Å². The van der Waals surface area contributed by atoms with E-state index in [-0.39, 0.29) is 11.4 Å². The zero-order valence-electron chi connectivity index (χ0n) is 11.0. The molecule has 0 radical (unpaired) electrons. The molecule has 108 valence electrons. The number of rotatable bonds is 4. The van der Waals surface area contributed by atoms with Crippen molar-refractivity contribution in [3.8, 4) is 5.75 Å². The summed E-state index contributed by atoms with van der Waals surface area (Å²) in [4.78, 5) is 9.91. The van der Waals surface area contributed by atoms with Crippen LogP contribution < -0.4 is 10.2 Å². The number of nitrogens with zero attached hydrogens (tertiary/aromatic N) is 2. The summed E-state index contributed by atoms with van der Waals surface area (Å²) in [6.45, 7) is 3.58. The second-order valence-electron chi connectivity index (χ2n) is 4.02. The molecule has 0 fully saturated rings. The van der Waals surface area contributed by atoms with E-state index in [1.165, 1.54) is 18.2 Å². The molecule has 1 aromatic rings. The van der Waals surface area contributed by atoms with Crippen LogP contribution in [-0.2, 0) is 0 Å². The Hall–Kier alpha value is -2.96. The average molecular weight is 289 g/mol. The van der Waals surface area contributed by atoms with Crippen LogP contribution in [0.3, 0.4) is 0 Å². The topological polar surface area (TPSA) is 76.8 Å². The Morgan fingerprint density at radius 3 is 3.00 bits per heavy atom. The summed E-state index contributed by atoms with van der Waals surface area (Å²) in [7, 11) is 0. The molecule has 0 spiro atoms. The third-order valence-electron chi connectivity index (χ3n) is 2.58. The number of benzene rings is 1. The van der Waals surface area contributed by atoms with Crippen LogP contribution in [0.25, 0.3) is 0 Å². The number of nitro benzene ring substituents is 1. The third kappa shape index (κ3) is 3.53. The normalized spacial score (nSPS) is 15.9. The Morgan fingerprint density at radius 1 is 1.52 bits per heavy atom. The van der Waals surface area contributed by atoms with Crippen molar-refractivity contribution in [2.75, 3.05) is 0 Å². The molecule has 1 heterocycles. The van der Waals surface area contributed by atoms with Crippen LogP contribution in [-0.4, -0.2) is 11.1 Å². The zero-order chi connectivity index (χ0) is 15.2. The second-order valence-corrected chi connectivity index (χ2v) is 4.02. The van der Waals surface area contributed by atoms with Crippen molar-refractivity contribution in [2.24, 2.45) is 5.10 Å². The highest BCUT2D eigenvalue weighted by atomic mass is 19.1. The molecule has 2 rings (SSSR count). The van der Waals surface area contributed by atoms with E-state index in [1.807, 2.05) is 0 Å². The number of hydrogen-bond acceptors (Lipinski definition) is 5. The molecule has 1 aliphatic rings. The molecular formula is C14H12FN3O3. The summed E-state index contributed by atoms with van der Waals surface area (Å²) >= 11 is 0. The Balaban J connectivity index is 2.28. The van der Waals surface area contributed by atoms with Crippen LogP contribution in [0, 0.1) is 15.9 Å². The van der Waals surface area contributed by atoms with Crippen LogP contribution in [0.15, 0.2) is 59.6 Å². The predicted molar refractivity (Wildman–Crippen MR) is 76.3 cm³/mol. The predicted octanol–water partition coefficient (Wildman–Crippen LogP) is 3.05. The molecule has 0 aliphatic carbocycles. The standard InChI is InChI=1S/C14H12FN3O3/c1-2-4-12-14(5-3-8-16-17-12)21-13-7-6-10(18(19)20)9-11(13)15/h2,4-9,17H,1,3H2/b12-4-. The van der Waals surface area contributed by atoms with E-state index in [1.54, 1.807) is 18.4 Å². The highest BCUT2D eigenvalue weighted by Crippen LogP contribution is 2.26. The van der Waals surface area contributed by atoms with E-state index in [4.69, 9.17) is 4.74 Å². The lowest BCUT2D eigenvalue weighted by molar-refractivity contribution is -0.385. The fourth-order valence-electron chi connectivity index (χ4n) is 1.63. The van der Waals surface area contributed by atoms with E-state index in [0.717, 1.165) is 6.07 Å². The van der Waals surface area contributed by atoms with Gasteiger partial charge in [0.25, 0.3) is 5.69 Å². The minimum atomic E-state index is -0.812. The van der Waals surface area contributed by atoms with Gasteiger partial charge in [-0.1, -0.05) is 12.7 Å². The van der Waals surface area contributed by atoms with Crippen LogP contribution in [0.4, 0.5) is 10.1 Å². The Labute approximate surface area is 120 Å². The van der Waals surface area contributed by atoms with Gasteiger partial charge >= 0.3 is 0 Å². The number of nitro groups is 1. The first-order chi connectivity index (χ1) is 10.1. The summed E-state index contributed by atoms with van der Waals surface area (Å²) in [6, 6.07) is 3.20. The molecule has 0 atom stereocenters.